The molecule has 0 bridgehead atoms. The largest absolute Gasteiger partial charge is 0.321 e. The van der Waals surface area contributed by atoms with Crippen molar-refractivity contribution < 1.29 is 13.2 Å². The van der Waals surface area contributed by atoms with Crippen molar-refractivity contribution in [3.8, 4) is 0 Å². The van der Waals surface area contributed by atoms with Crippen molar-refractivity contribution in [3.63, 3.8) is 0 Å². The van der Waals surface area contributed by atoms with E-state index in [0.717, 1.165) is 32.3 Å². The van der Waals surface area contributed by atoms with Crippen LogP contribution < -0.4 is 5.32 Å². The van der Waals surface area contributed by atoms with Gasteiger partial charge in [0.2, 0.25) is 10.0 Å². The van der Waals surface area contributed by atoms with Crippen LogP contribution in [-0.2, 0) is 16.6 Å². The third-order valence-electron chi connectivity index (χ3n) is 4.61. The highest BCUT2D eigenvalue weighted by molar-refractivity contribution is 7.89. The van der Waals surface area contributed by atoms with Crippen LogP contribution in [-0.4, -0.2) is 42.5 Å². The van der Waals surface area contributed by atoms with Gasteiger partial charge in [-0.2, -0.15) is 5.10 Å². The van der Waals surface area contributed by atoms with Crippen molar-refractivity contribution in [1.82, 2.24) is 14.1 Å². The van der Waals surface area contributed by atoms with Gasteiger partial charge in [-0.15, -0.1) is 11.3 Å². The Bertz CT molecular complexity index is 1170. The van der Waals surface area contributed by atoms with Crippen LogP contribution in [0.15, 0.2) is 29.2 Å². The second-order valence-electron chi connectivity index (χ2n) is 7.71. The number of amides is 1. The standard InChI is InChI=1S/C20H26N4O3S2/c1-12(2)11-24-20-16(14(4)22-24)10-18(28-20)19(25)21-17-9-15(8-7-13(17)3)29(26,27)23(5)6/h7-10,12H,11H2,1-6H3,(H,21,25). The lowest BCUT2D eigenvalue weighted by atomic mass is 10.2. The fourth-order valence-electron chi connectivity index (χ4n) is 2.99. The third kappa shape index (κ3) is 4.22. The highest BCUT2D eigenvalue weighted by Gasteiger charge is 2.20. The molecule has 0 spiro atoms. The van der Waals surface area contributed by atoms with E-state index in [1.165, 1.54) is 31.5 Å². The zero-order valence-electron chi connectivity index (χ0n) is 17.5. The number of carbonyl (C=O) groups is 1. The van der Waals surface area contributed by atoms with E-state index in [2.05, 4.69) is 24.3 Å². The Morgan fingerprint density at radius 3 is 2.55 bits per heavy atom. The van der Waals surface area contributed by atoms with E-state index in [0.29, 0.717) is 16.5 Å². The zero-order valence-corrected chi connectivity index (χ0v) is 19.1. The Morgan fingerprint density at radius 1 is 1.24 bits per heavy atom. The summed E-state index contributed by atoms with van der Waals surface area (Å²) in [6, 6.07) is 6.59. The van der Waals surface area contributed by atoms with Crippen LogP contribution in [0.4, 0.5) is 5.69 Å². The predicted octanol–water partition coefficient (Wildman–Crippen LogP) is 3.87. The Morgan fingerprint density at radius 2 is 1.93 bits per heavy atom. The average Bonchev–Trinajstić information content (AvgIpc) is 3.18. The molecule has 9 heteroatoms. The molecule has 156 valence electrons. The number of nitrogens with one attached hydrogen (secondary N) is 1. The molecule has 1 aromatic carbocycles. The molecule has 1 N–H and O–H groups in total. The first-order chi connectivity index (χ1) is 13.5. The van der Waals surface area contributed by atoms with Crippen LogP contribution in [0.2, 0.25) is 0 Å². The summed E-state index contributed by atoms with van der Waals surface area (Å²) < 4.78 is 27.9. The zero-order chi connectivity index (χ0) is 21.5. The predicted molar refractivity (Wildman–Crippen MR) is 117 cm³/mol. The summed E-state index contributed by atoms with van der Waals surface area (Å²) in [6.07, 6.45) is 0. The number of anilines is 1. The number of nitrogens with zero attached hydrogens (tertiary/aromatic N) is 3. The van der Waals surface area contributed by atoms with Gasteiger partial charge in [-0.25, -0.2) is 12.7 Å². The monoisotopic (exact) mass is 434 g/mol. The number of thiophene rings is 1. The van der Waals surface area contributed by atoms with Gasteiger partial charge in [0.05, 0.1) is 15.5 Å². The van der Waals surface area contributed by atoms with Crippen LogP contribution in [0.1, 0.15) is 34.8 Å². The lowest BCUT2D eigenvalue weighted by molar-refractivity contribution is 0.103. The molecule has 29 heavy (non-hydrogen) atoms. The number of benzene rings is 1. The van der Waals surface area contributed by atoms with Gasteiger partial charge in [0.15, 0.2) is 0 Å². The highest BCUT2D eigenvalue weighted by Crippen LogP contribution is 2.30. The average molecular weight is 435 g/mol. The van der Waals surface area contributed by atoms with Gasteiger partial charge in [-0.1, -0.05) is 19.9 Å². The molecule has 7 nitrogen and oxygen atoms in total. The van der Waals surface area contributed by atoms with Gasteiger partial charge in [0, 0.05) is 31.7 Å². The third-order valence-corrected chi connectivity index (χ3v) is 7.56. The molecule has 0 radical (unpaired) electrons. The molecule has 0 saturated heterocycles. The number of hydrogen-bond acceptors (Lipinski definition) is 5. The molecule has 2 heterocycles. The number of aromatic nitrogens is 2. The molecule has 0 aliphatic carbocycles. The molecule has 0 saturated carbocycles. The number of aryl methyl sites for hydroxylation is 2. The van der Waals surface area contributed by atoms with E-state index in [1.807, 2.05) is 24.6 Å². The quantitative estimate of drug-likeness (QED) is 0.638. The Labute approximate surface area is 175 Å². The molecule has 0 aliphatic heterocycles. The second kappa shape index (κ2) is 7.89. The van der Waals surface area contributed by atoms with Crippen molar-refractivity contribution in [2.75, 3.05) is 19.4 Å². The van der Waals surface area contributed by atoms with E-state index in [-0.39, 0.29) is 10.8 Å². The van der Waals surface area contributed by atoms with Crippen molar-refractivity contribution in [2.45, 2.75) is 39.1 Å². The number of rotatable bonds is 6. The minimum absolute atomic E-state index is 0.142. The van der Waals surface area contributed by atoms with Crippen molar-refractivity contribution >= 4 is 43.2 Å². The summed E-state index contributed by atoms with van der Waals surface area (Å²) >= 11 is 1.40. The summed E-state index contributed by atoms with van der Waals surface area (Å²) in [4.78, 5) is 14.6. The van der Waals surface area contributed by atoms with Crippen LogP contribution in [0.3, 0.4) is 0 Å². The highest BCUT2D eigenvalue weighted by atomic mass is 32.2. The van der Waals surface area contributed by atoms with Crippen molar-refractivity contribution in [1.29, 1.82) is 0 Å². The van der Waals surface area contributed by atoms with Crippen molar-refractivity contribution in [2.24, 2.45) is 5.92 Å². The van der Waals surface area contributed by atoms with Gasteiger partial charge < -0.3 is 5.32 Å². The van der Waals surface area contributed by atoms with E-state index in [4.69, 9.17) is 0 Å². The molecule has 2 aromatic heterocycles. The Balaban J connectivity index is 1.93. The second-order valence-corrected chi connectivity index (χ2v) is 10.9. The lowest BCUT2D eigenvalue weighted by Crippen LogP contribution is -2.22. The van der Waals surface area contributed by atoms with Crippen molar-refractivity contribution in [3.05, 3.63) is 40.4 Å². The van der Waals surface area contributed by atoms with E-state index >= 15 is 0 Å². The smallest absolute Gasteiger partial charge is 0.265 e. The van der Waals surface area contributed by atoms with Crippen LogP contribution >= 0.6 is 11.3 Å². The number of carbonyl (C=O) groups excluding carboxylic acids is 1. The maximum absolute atomic E-state index is 12.9. The summed E-state index contributed by atoms with van der Waals surface area (Å²) in [5.41, 5.74) is 2.17. The van der Waals surface area contributed by atoms with E-state index in [9.17, 15) is 13.2 Å². The van der Waals surface area contributed by atoms with Gasteiger partial charge in [0.1, 0.15) is 4.83 Å². The first-order valence-electron chi connectivity index (χ1n) is 9.32. The Hall–Kier alpha value is -2.23. The first-order valence-corrected chi connectivity index (χ1v) is 11.6. The molecule has 0 unspecified atom stereocenters. The SMILES string of the molecule is Cc1ccc(S(=O)(=O)N(C)C)cc1NC(=O)c1cc2c(C)nn(CC(C)C)c2s1. The molecule has 0 fully saturated rings. The maximum Gasteiger partial charge on any atom is 0.265 e. The normalized spacial score (nSPS) is 12.3. The van der Waals surface area contributed by atoms with Gasteiger partial charge in [-0.3, -0.25) is 9.48 Å². The number of sulfonamides is 1. The van der Waals surface area contributed by atoms with Gasteiger partial charge in [-0.05, 0) is 43.5 Å². The molecular weight excluding hydrogens is 408 g/mol. The molecule has 3 aromatic rings. The van der Waals surface area contributed by atoms with Crippen LogP contribution in [0.25, 0.3) is 10.2 Å². The van der Waals surface area contributed by atoms with Gasteiger partial charge >= 0.3 is 0 Å². The Kier molecular flexibility index (Phi) is 5.84. The number of hydrogen-bond donors (Lipinski definition) is 1. The number of fused-ring (bicyclic) bond motifs is 1. The fraction of sp³-hybridized carbons (Fsp3) is 0.400. The maximum atomic E-state index is 12.9. The fourth-order valence-corrected chi connectivity index (χ4v) is 4.98. The topological polar surface area (TPSA) is 84.3 Å². The molecule has 3 rings (SSSR count). The van der Waals surface area contributed by atoms with Gasteiger partial charge in [0.25, 0.3) is 5.91 Å². The summed E-state index contributed by atoms with van der Waals surface area (Å²) in [5, 5.41) is 8.41. The van der Waals surface area contributed by atoms with Crippen LogP contribution in [0, 0.1) is 19.8 Å². The molecule has 1 amide bonds. The summed E-state index contributed by atoms with van der Waals surface area (Å²) in [7, 11) is -0.619. The molecule has 0 aliphatic rings. The van der Waals surface area contributed by atoms with E-state index in [1.54, 1.807) is 12.1 Å². The van der Waals surface area contributed by atoms with Crippen LogP contribution in [0.5, 0.6) is 0 Å². The summed E-state index contributed by atoms with van der Waals surface area (Å²) in [6.45, 7) is 8.81. The summed E-state index contributed by atoms with van der Waals surface area (Å²) in [5.74, 6) is 0.185. The van der Waals surface area contributed by atoms with E-state index < -0.39 is 10.0 Å². The minimum Gasteiger partial charge on any atom is -0.321 e. The minimum atomic E-state index is -3.58. The lowest BCUT2D eigenvalue weighted by Gasteiger charge is -2.14. The molecular formula is C20H26N4O3S2. The molecule has 0 atom stereocenters. The first kappa shape index (κ1) is 21.5.